The molecule has 0 heterocycles. The topological polar surface area (TPSA) is 58.4 Å². The number of benzene rings is 1. The third-order valence-corrected chi connectivity index (χ3v) is 4.09. The van der Waals surface area contributed by atoms with Crippen LogP contribution in [-0.4, -0.2) is 37.5 Å². The van der Waals surface area contributed by atoms with Crippen molar-refractivity contribution in [2.45, 2.75) is 39.3 Å². The molecular formula is C17H29N3O. The number of nitrogens with zero attached hydrogens (tertiary/aromatic N) is 1. The average Bonchev–Trinajstić information content (AvgIpc) is 2.38. The summed E-state index contributed by atoms with van der Waals surface area (Å²) >= 11 is 0. The first-order valence-corrected chi connectivity index (χ1v) is 7.37. The number of hydrogen-bond acceptors (Lipinski definition) is 3. The molecule has 0 saturated carbocycles. The Bertz CT molecular complexity index is 466. The van der Waals surface area contributed by atoms with E-state index in [0.717, 1.165) is 12.1 Å². The van der Waals surface area contributed by atoms with Gasteiger partial charge in [-0.25, -0.2) is 0 Å². The number of carbonyl (C=O) groups is 1. The maximum Gasteiger partial charge on any atom is 0.244 e. The average molecular weight is 291 g/mol. The normalized spacial score (nSPS) is 16.4. The Morgan fingerprint density at radius 1 is 1.24 bits per heavy atom. The Labute approximate surface area is 128 Å². The Morgan fingerprint density at radius 2 is 1.76 bits per heavy atom. The second-order valence-electron chi connectivity index (χ2n) is 6.99. The summed E-state index contributed by atoms with van der Waals surface area (Å²) in [5.41, 5.74) is 6.01. The van der Waals surface area contributed by atoms with E-state index in [-0.39, 0.29) is 17.4 Å². The van der Waals surface area contributed by atoms with Gasteiger partial charge in [0.05, 0.1) is 0 Å². The van der Waals surface area contributed by atoms with Crippen LogP contribution in [0.15, 0.2) is 30.3 Å². The van der Waals surface area contributed by atoms with Crippen molar-refractivity contribution >= 4 is 5.91 Å². The molecule has 0 radical (unpaired) electrons. The van der Waals surface area contributed by atoms with Crippen molar-refractivity contribution < 1.29 is 4.79 Å². The van der Waals surface area contributed by atoms with E-state index in [1.807, 2.05) is 51.4 Å². The summed E-state index contributed by atoms with van der Waals surface area (Å²) in [6.45, 7) is 8.97. The molecule has 0 fully saturated rings. The third kappa shape index (κ3) is 4.55. The smallest absolute Gasteiger partial charge is 0.244 e. The maximum absolute atomic E-state index is 12.6. The summed E-state index contributed by atoms with van der Waals surface area (Å²) in [5, 5.41) is 3.07. The number of amides is 1. The largest absolute Gasteiger partial charge is 0.351 e. The van der Waals surface area contributed by atoms with E-state index in [4.69, 9.17) is 5.73 Å². The summed E-state index contributed by atoms with van der Waals surface area (Å²) in [7, 11) is 4.07. The first-order chi connectivity index (χ1) is 9.57. The predicted octanol–water partition coefficient (Wildman–Crippen LogP) is 1.95. The molecule has 1 aromatic carbocycles. The van der Waals surface area contributed by atoms with E-state index < -0.39 is 5.54 Å². The number of carbonyl (C=O) groups excluding carboxylic acids is 1. The highest BCUT2D eigenvalue weighted by atomic mass is 16.2. The van der Waals surface area contributed by atoms with Crippen LogP contribution in [0.3, 0.4) is 0 Å². The second kappa shape index (κ2) is 6.58. The van der Waals surface area contributed by atoms with Crippen LogP contribution in [0.1, 0.15) is 33.3 Å². The Kier molecular flexibility index (Phi) is 5.54. The first-order valence-electron chi connectivity index (χ1n) is 7.37. The van der Waals surface area contributed by atoms with Crippen LogP contribution in [-0.2, 0) is 10.3 Å². The molecule has 3 N–H and O–H groups in total. The van der Waals surface area contributed by atoms with Crippen molar-refractivity contribution in [3.05, 3.63) is 35.9 Å². The van der Waals surface area contributed by atoms with Gasteiger partial charge in [-0.15, -0.1) is 0 Å². The van der Waals surface area contributed by atoms with Crippen LogP contribution < -0.4 is 11.1 Å². The molecule has 1 amide bonds. The van der Waals surface area contributed by atoms with E-state index in [2.05, 4.69) is 24.1 Å². The molecule has 1 aromatic rings. The lowest BCUT2D eigenvalue weighted by atomic mass is 9.83. The Balaban J connectivity index is 2.81. The third-order valence-electron chi connectivity index (χ3n) is 4.09. The van der Waals surface area contributed by atoms with Gasteiger partial charge in [0.15, 0.2) is 0 Å². The monoisotopic (exact) mass is 291 g/mol. The molecule has 0 spiro atoms. The van der Waals surface area contributed by atoms with Gasteiger partial charge in [0, 0.05) is 12.6 Å². The molecular weight excluding hydrogens is 262 g/mol. The maximum atomic E-state index is 12.6. The standard InChI is InChI=1S/C17H29N3O/c1-13(16(2,3)12-20(5)6)19-15(21)17(4,18)14-10-8-7-9-11-14/h7-11,13H,12,18H2,1-6H3,(H,19,21). The molecule has 21 heavy (non-hydrogen) atoms. The van der Waals surface area contributed by atoms with Gasteiger partial charge in [-0.05, 0) is 38.9 Å². The van der Waals surface area contributed by atoms with E-state index in [0.29, 0.717) is 0 Å². The molecule has 2 unspecified atom stereocenters. The predicted molar refractivity (Wildman–Crippen MR) is 87.9 cm³/mol. The molecule has 0 saturated heterocycles. The Morgan fingerprint density at radius 3 is 2.24 bits per heavy atom. The number of rotatable bonds is 6. The molecule has 2 atom stereocenters. The molecule has 0 aliphatic heterocycles. The van der Waals surface area contributed by atoms with E-state index in [1.165, 1.54) is 0 Å². The molecule has 4 nitrogen and oxygen atoms in total. The SMILES string of the molecule is CC(NC(=O)C(C)(N)c1ccccc1)C(C)(C)CN(C)C. The zero-order valence-corrected chi connectivity index (χ0v) is 14.1. The summed E-state index contributed by atoms with van der Waals surface area (Å²) in [6, 6.07) is 9.50. The number of nitrogens with one attached hydrogen (secondary N) is 1. The number of nitrogens with two attached hydrogens (primary N) is 1. The fourth-order valence-electron chi connectivity index (χ4n) is 2.41. The second-order valence-corrected chi connectivity index (χ2v) is 6.99. The van der Waals surface area contributed by atoms with Gasteiger partial charge in [-0.3, -0.25) is 4.79 Å². The summed E-state index contributed by atoms with van der Waals surface area (Å²) in [4.78, 5) is 14.7. The summed E-state index contributed by atoms with van der Waals surface area (Å²) < 4.78 is 0. The van der Waals surface area contributed by atoms with Crippen LogP contribution in [0.5, 0.6) is 0 Å². The highest BCUT2D eigenvalue weighted by Crippen LogP contribution is 2.23. The zero-order chi connectivity index (χ0) is 16.3. The first kappa shape index (κ1) is 17.7. The molecule has 0 aliphatic rings. The van der Waals surface area contributed by atoms with Gasteiger partial charge in [0.25, 0.3) is 0 Å². The van der Waals surface area contributed by atoms with Crippen LogP contribution in [0.2, 0.25) is 0 Å². The molecule has 4 heteroatoms. The van der Waals surface area contributed by atoms with Crippen molar-refractivity contribution in [1.82, 2.24) is 10.2 Å². The fraction of sp³-hybridized carbons (Fsp3) is 0.588. The summed E-state index contributed by atoms with van der Waals surface area (Å²) in [5.74, 6) is -0.145. The van der Waals surface area contributed by atoms with Gasteiger partial charge in [-0.2, -0.15) is 0 Å². The lowest BCUT2D eigenvalue weighted by Crippen LogP contribution is -2.55. The van der Waals surface area contributed by atoms with Crippen molar-refractivity contribution in [2.24, 2.45) is 11.1 Å². The van der Waals surface area contributed by atoms with Crippen molar-refractivity contribution in [1.29, 1.82) is 0 Å². The lowest BCUT2D eigenvalue weighted by Gasteiger charge is -2.36. The van der Waals surface area contributed by atoms with Gasteiger partial charge in [-0.1, -0.05) is 44.2 Å². The number of hydrogen-bond donors (Lipinski definition) is 2. The quantitative estimate of drug-likeness (QED) is 0.842. The van der Waals surface area contributed by atoms with Crippen LogP contribution in [0.4, 0.5) is 0 Å². The fourth-order valence-corrected chi connectivity index (χ4v) is 2.41. The van der Waals surface area contributed by atoms with E-state index in [9.17, 15) is 4.79 Å². The molecule has 0 bridgehead atoms. The van der Waals surface area contributed by atoms with Gasteiger partial charge in [0.1, 0.15) is 5.54 Å². The van der Waals surface area contributed by atoms with Crippen molar-refractivity contribution in [3.63, 3.8) is 0 Å². The lowest BCUT2D eigenvalue weighted by molar-refractivity contribution is -0.127. The van der Waals surface area contributed by atoms with Gasteiger partial charge in [0.2, 0.25) is 5.91 Å². The molecule has 0 aromatic heterocycles. The Hall–Kier alpha value is -1.39. The van der Waals surface area contributed by atoms with Gasteiger partial charge < -0.3 is 16.0 Å². The highest BCUT2D eigenvalue weighted by molar-refractivity contribution is 5.87. The molecule has 0 aliphatic carbocycles. The highest BCUT2D eigenvalue weighted by Gasteiger charge is 2.35. The van der Waals surface area contributed by atoms with Gasteiger partial charge >= 0.3 is 0 Å². The molecule has 1 rings (SSSR count). The summed E-state index contributed by atoms with van der Waals surface area (Å²) in [6.07, 6.45) is 0. The van der Waals surface area contributed by atoms with Crippen molar-refractivity contribution in [3.8, 4) is 0 Å². The van der Waals surface area contributed by atoms with Crippen LogP contribution in [0, 0.1) is 5.41 Å². The van der Waals surface area contributed by atoms with Crippen LogP contribution in [0.25, 0.3) is 0 Å². The molecule has 118 valence electrons. The zero-order valence-electron chi connectivity index (χ0n) is 14.1. The van der Waals surface area contributed by atoms with Crippen molar-refractivity contribution in [2.75, 3.05) is 20.6 Å². The minimum absolute atomic E-state index is 0.0268. The minimum Gasteiger partial charge on any atom is -0.351 e. The van der Waals surface area contributed by atoms with E-state index >= 15 is 0 Å². The van der Waals surface area contributed by atoms with Crippen LogP contribution >= 0.6 is 0 Å². The minimum atomic E-state index is -1.02. The van der Waals surface area contributed by atoms with E-state index in [1.54, 1.807) is 6.92 Å².